The van der Waals surface area contributed by atoms with Gasteiger partial charge >= 0.3 is 0 Å². The summed E-state index contributed by atoms with van der Waals surface area (Å²) in [6, 6.07) is 3.68. The number of benzene rings is 1. The molecule has 78 valence electrons. The van der Waals surface area contributed by atoms with Crippen molar-refractivity contribution in [2.75, 3.05) is 5.73 Å². The second-order valence-corrected chi connectivity index (χ2v) is 3.66. The van der Waals surface area contributed by atoms with E-state index in [9.17, 15) is 8.78 Å². The SMILES string of the molecule is Nc1cc(-c2cc(F)c(Br)c(F)c2)no1. The van der Waals surface area contributed by atoms with Crippen LogP contribution in [0.1, 0.15) is 0 Å². The number of nitrogen functional groups attached to an aromatic ring is 1. The summed E-state index contributed by atoms with van der Waals surface area (Å²) < 4.78 is 30.7. The van der Waals surface area contributed by atoms with Crippen molar-refractivity contribution in [3.05, 3.63) is 34.3 Å². The highest BCUT2D eigenvalue weighted by Gasteiger charge is 2.11. The maximum Gasteiger partial charge on any atom is 0.222 e. The first kappa shape index (κ1) is 10.1. The Morgan fingerprint density at radius 3 is 2.27 bits per heavy atom. The first-order valence-corrected chi connectivity index (χ1v) is 4.74. The van der Waals surface area contributed by atoms with Crippen molar-refractivity contribution in [1.29, 1.82) is 0 Å². The molecule has 0 atom stereocenters. The molecule has 0 amide bonds. The quantitative estimate of drug-likeness (QED) is 0.814. The predicted octanol–water partition coefficient (Wildman–Crippen LogP) is 2.96. The van der Waals surface area contributed by atoms with E-state index in [1.54, 1.807) is 0 Å². The smallest absolute Gasteiger partial charge is 0.222 e. The van der Waals surface area contributed by atoms with Crippen molar-refractivity contribution in [3.8, 4) is 11.3 Å². The summed E-state index contributed by atoms with van der Waals surface area (Å²) >= 11 is 2.77. The summed E-state index contributed by atoms with van der Waals surface area (Å²) in [4.78, 5) is 0. The van der Waals surface area contributed by atoms with Crippen LogP contribution < -0.4 is 5.73 Å². The van der Waals surface area contributed by atoms with Crippen LogP contribution >= 0.6 is 15.9 Å². The molecule has 0 aliphatic heterocycles. The van der Waals surface area contributed by atoms with Gasteiger partial charge in [-0.1, -0.05) is 5.16 Å². The number of anilines is 1. The van der Waals surface area contributed by atoms with Gasteiger partial charge in [0, 0.05) is 11.6 Å². The van der Waals surface area contributed by atoms with Gasteiger partial charge in [0.1, 0.15) is 17.3 Å². The number of aromatic nitrogens is 1. The second-order valence-electron chi connectivity index (χ2n) is 2.87. The first-order chi connectivity index (χ1) is 7.08. The third-order valence-corrected chi connectivity index (χ3v) is 2.57. The molecular weight excluding hydrogens is 270 g/mol. The van der Waals surface area contributed by atoms with Crippen molar-refractivity contribution < 1.29 is 13.3 Å². The Morgan fingerprint density at radius 1 is 1.20 bits per heavy atom. The molecule has 6 heteroatoms. The monoisotopic (exact) mass is 274 g/mol. The van der Waals surface area contributed by atoms with Crippen molar-refractivity contribution in [1.82, 2.24) is 5.16 Å². The van der Waals surface area contributed by atoms with E-state index in [0.717, 1.165) is 12.1 Å². The topological polar surface area (TPSA) is 52.0 Å². The van der Waals surface area contributed by atoms with Gasteiger partial charge in [0.2, 0.25) is 5.88 Å². The van der Waals surface area contributed by atoms with E-state index in [-0.39, 0.29) is 21.6 Å². The highest BCUT2D eigenvalue weighted by molar-refractivity contribution is 9.10. The predicted molar refractivity (Wildman–Crippen MR) is 54.0 cm³/mol. The van der Waals surface area contributed by atoms with E-state index < -0.39 is 11.6 Å². The summed E-state index contributed by atoms with van der Waals surface area (Å²) in [7, 11) is 0. The van der Waals surface area contributed by atoms with E-state index in [1.165, 1.54) is 6.07 Å². The lowest BCUT2D eigenvalue weighted by Gasteiger charge is -1.99. The Kier molecular flexibility index (Phi) is 2.44. The summed E-state index contributed by atoms with van der Waals surface area (Å²) in [5.74, 6) is -1.31. The molecule has 2 rings (SSSR count). The maximum atomic E-state index is 13.2. The van der Waals surface area contributed by atoms with E-state index >= 15 is 0 Å². The van der Waals surface area contributed by atoms with Gasteiger partial charge in [-0.3, -0.25) is 0 Å². The van der Waals surface area contributed by atoms with Crippen LogP contribution in [0.3, 0.4) is 0 Å². The number of nitrogens with two attached hydrogens (primary N) is 1. The minimum absolute atomic E-state index is 0.0914. The van der Waals surface area contributed by atoms with Gasteiger partial charge in [-0.25, -0.2) is 8.78 Å². The number of hydrogen-bond acceptors (Lipinski definition) is 3. The van der Waals surface area contributed by atoms with E-state index in [0.29, 0.717) is 0 Å². The molecule has 1 aromatic carbocycles. The van der Waals surface area contributed by atoms with Crippen molar-refractivity contribution in [3.63, 3.8) is 0 Å². The molecule has 15 heavy (non-hydrogen) atoms. The Hall–Kier alpha value is -1.43. The van der Waals surface area contributed by atoms with Crippen LogP contribution in [0.5, 0.6) is 0 Å². The minimum atomic E-state index is -0.702. The zero-order valence-electron chi connectivity index (χ0n) is 7.30. The Labute approximate surface area is 92.0 Å². The van der Waals surface area contributed by atoms with Gasteiger partial charge in [-0.15, -0.1) is 0 Å². The van der Waals surface area contributed by atoms with Crippen molar-refractivity contribution in [2.45, 2.75) is 0 Å². The zero-order valence-corrected chi connectivity index (χ0v) is 8.88. The van der Waals surface area contributed by atoms with Crippen LogP contribution in [0, 0.1) is 11.6 Å². The lowest BCUT2D eigenvalue weighted by atomic mass is 10.1. The minimum Gasteiger partial charge on any atom is -0.368 e. The normalized spacial score (nSPS) is 10.6. The lowest BCUT2D eigenvalue weighted by molar-refractivity contribution is 0.439. The number of nitrogens with zero attached hydrogens (tertiary/aromatic N) is 1. The third kappa shape index (κ3) is 1.85. The Balaban J connectivity index is 2.55. The molecule has 0 unspecified atom stereocenters. The van der Waals surface area contributed by atoms with Crippen molar-refractivity contribution >= 4 is 21.8 Å². The fraction of sp³-hybridized carbons (Fsp3) is 0. The number of hydrogen-bond donors (Lipinski definition) is 1. The molecule has 0 aliphatic rings. The molecule has 0 spiro atoms. The molecule has 2 aromatic rings. The largest absolute Gasteiger partial charge is 0.368 e. The average molecular weight is 275 g/mol. The molecular formula is C9H5BrF2N2O. The molecule has 1 heterocycles. The van der Waals surface area contributed by atoms with E-state index in [1.807, 2.05) is 0 Å². The Bertz CT molecular complexity index is 490. The van der Waals surface area contributed by atoms with Gasteiger partial charge in [-0.2, -0.15) is 0 Å². The maximum absolute atomic E-state index is 13.2. The summed E-state index contributed by atoms with van der Waals surface area (Å²) in [6.07, 6.45) is 0. The second kappa shape index (κ2) is 3.62. The molecule has 0 saturated heterocycles. The molecule has 1 aromatic heterocycles. The third-order valence-electron chi connectivity index (χ3n) is 1.81. The summed E-state index contributed by atoms with van der Waals surface area (Å²) in [6.45, 7) is 0. The molecule has 0 radical (unpaired) electrons. The van der Waals surface area contributed by atoms with Crippen LogP contribution in [0.15, 0.2) is 27.2 Å². The van der Waals surface area contributed by atoms with Crippen LogP contribution in [0.4, 0.5) is 14.7 Å². The molecule has 0 bridgehead atoms. The molecule has 0 aliphatic carbocycles. The van der Waals surface area contributed by atoms with Crippen molar-refractivity contribution in [2.24, 2.45) is 0 Å². The molecule has 0 fully saturated rings. The standard InChI is InChI=1S/C9H5BrF2N2O/c10-9-5(11)1-4(2-6(9)12)7-3-8(13)15-14-7/h1-3H,13H2. The van der Waals surface area contributed by atoms with E-state index in [4.69, 9.17) is 5.73 Å². The lowest BCUT2D eigenvalue weighted by Crippen LogP contribution is -1.87. The number of rotatable bonds is 1. The van der Waals surface area contributed by atoms with Crippen LogP contribution in [0.2, 0.25) is 0 Å². The highest BCUT2D eigenvalue weighted by atomic mass is 79.9. The van der Waals surface area contributed by atoms with E-state index in [2.05, 4.69) is 25.6 Å². The highest BCUT2D eigenvalue weighted by Crippen LogP contribution is 2.27. The van der Waals surface area contributed by atoms with Gasteiger partial charge in [0.05, 0.1) is 4.47 Å². The van der Waals surface area contributed by atoms with Crippen LogP contribution in [-0.4, -0.2) is 5.16 Å². The fourth-order valence-electron chi connectivity index (χ4n) is 1.13. The first-order valence-electron chi connectivity index (χ1n) is 3.95. The molecule has 2 N–H and O–H groups in total. The average Bonchev–Trinajstić information content (AvgIpc) is 2.60. The van der Waals surface area contributed by atoms with Gasteiger partial charge in [0.15, 0.2) is 0 Å². The van der Waals surface area contributed by atoms with Gasteiger partial charge in [0.25, 0.3) is 0 Å². The summed E-state index contributed by atoms with van der Waals surface area (Å²) in [5, 5.41) is 3.55. The Morgan fingerprint density at radius 2 is 1.80 bits per heavy atom. The van der Waals surface area contributed by atoms with Gasteiger partial charge in [-0.05, 0) is 28.1 Å². The summed E-state index contributed by atoms with van der Waals surface area (Å²) in [5.41, 5.74) is 5.86. The van der Waals surface area contributed by atoms with Gasteiger partial charge < -0.3 is 10.3 Å². The number of halogens is 3. The van der Waals surface area contributed by atoms with Crippen LogP contribution in [-0.2, 0) is 0 Å². The fourth-order valence-corrected chi connectivity index (χ4v) is 1.36. The van der Waals surface area contributed by atoms with Crippen LogP contribution in [0.25, 0.3) is 11.3 Å². The zero-order chi connectivity index (χ0) is 11.0. The molecule has 3 nitrogen and oxygen atoms in total. The molecule has 0 saturated carbocycles.